The highest BCUT2D eigenvalue weighted by Gasteiger charge is 2.29. The van der Waals surface area contributed by atoms with Gasteiger partial charge < -0.3 is 9.47 Å². The van der Waals surface area contributed by atoms with Gasteiger partial charge in [0.15, 0.2) is 0 Å². The first kappa shape index (κ1) is 42.5. The Balaban J connectivity index is 0.714. The third-order valence-electron chi connectivity index (χ3n) is 16.1. The van der Waals surface area contributed by atoms with E-state index in [2.05, 4.69) is 267 Å². The molecule has 0 spiro atoms. The summed E-state index contributed by atoms with van der Waals surface area (Å²) in [5, 5.41) is 12.2. The fraction of sp³-hybridized carbons (Fsp3) is 0. The molecule has 0 aliphatic carbocycles. The van der Waals surface area contributed by atoms with Crippen molar-refractivity contribution in [2.45, 2.75) is 0 Å². The second-order valence-corrected chi connectivity index (χ2v) is 20.2. The molecule has 2 heterocycles. The van der Waals surface area contributed by atoms with Gasteiger partial charge in [-0.25, -0.2) is 0 Å². The molecule has 76 heavy (non-hydrogen) atoms. The lowest BCUT2D eigenvalue weighted by molar-refractivity contribution is 0.475. The van der Waals surface area contributed by atoms with Crippen LogP contribution in [0.4, 0.5) is 0 Å². The molecular weight excluding hydrogens is 921 g/mol. The van der Waals surface area contributed by atoms with Crippen LogP contribution in [0, 0.1) is 0 Å². The molecule has 0 fully saturated rings. The van der Waals surface area contributed by atoms with Crippen LogP contribution in [-0.4, -0.2) is 0 Å². The standard InChI is InChI=1S/C74H44O2/c1-3-15-47(16-4-1)69-55-19-7-11-23-59(55)71(60-24-12-8-20-56(60)69)49-31-27-45(28-32-49)51-35-37-53-63-39-40-64-54-38-36-52(44-68(54)76-66-42-41-65(73(63)74(64)66)75-67(53)43-51)46-29-33-50(34-30-46)72-61-25-13-9-21-57(61)70(48-17-5-2-6-18-48)58-22-10-14-26-62(58)72/h1-44H. The van der Waals surface area contributed by atoms with E-state index in [0.29, 0.717) is 0 Å². The average molecular weight is 965 g/mol. The minimum absolute atomic E-state index is 0.840. The monoisotopic (exact) mass is 964 g/mol. The minimum Gasteiger partial charge on any atom is -0.456 e. The zero-order valence-corrected chi connectivity index (χ0v) is 41.2. The van der Waals surface area contributed by atoms with Gasteiger partial charge in [-0.05, 0) is 157 Å². The summed E-state index contributed by atoms with van der Waals surface area (Å²) >= 11 is 0. The molecule has 0 aromatic heterocycles. The predicted molar refractivity (Wildman–Crippen MR) is 318 cm³/mol. The average Bonchev–Trinajstić information content (AvgIpc) is 3.66. The van der Waals surface area contributed by atoms with Gasteiger partial charge in [-0.3, -0.25) is 0 Å². The molecule has 0 unspecified atom stereocenters. The van der Waals surface area contributed by atoms with Gasteiger partial charge in [-0.15, -0.1) is 0 Å². The third kappa shape index (κ3) is 6.47. The summed E-state index contributed by atoms with van der Waals surface area (Å²) < 4.78 is 13.7. The van der Waals surface area contributed by atoms with Crippen LogP contribution in [0.15, 0.2) is 267 Å². The Morgan fingerprint density at radius 3 is 0.737 bits per heavy atom. The van der Waals surface area contributed by atoms with Crippen LogP contribution in [0.25, 0.3) is 143 Å². The molecule has 0 amide bonds. The van der Waals surface area contributed by atoms with E-state index in [-0.39, 0.29) is 0 Å². The van der Waals surface area contributed by atoms with E-state index >= 15 is 0 Å². The second-order valence-electron chi connectivity index (χ2n) is 20.2. The Kier molecular flexibility index (Phi) is 9.37. The second kappa shape index (κ2) is 16.8. The van der Waals surface area contributed by atoms with Gasteiger partial charge in [-0.2, -0.15) is 0 Å². The predicted octanol–water partition coefficient (Wildman–Crippen LogP) is 21.0. The molecule has 0 radical (unpaired) electrons. The summed E-state index contributed by atoms with van der Waals surface area (Å²) in [5.74, 6) is 3.38. The summed E-state index contributed by atoms with van der Waals surface area (Å²) in [4.78, 5) is 0. The van der Waals surface area contributed by atoms with E-state index < -0.39 is 0 Å². The highest BCUT2D eigenvalue weighted by atomic mass is 16.5. The molecule has 2 aliphatic rings. The van der Waals surface area contributed by atoms with Crippen molar-refractivity contribution in [2.24, 2.45) is 0 Å². The summed E-state index contributed by atoms with van der Waals surface area (Å²) in [6.45, 7) is 0. The summed E-state index contributed by atoms with van der Waals surface area (Å²) in [5.41, 5.74) is 18.8. The largest absolute Gasteiger partial charge is 0.456 e. The van der Waals surface area contributed by atoms with Gasteiger partial charge >= 0.3 is 0 Å². The maximum atomic E-state index is 6.85. The molecule has 16 rings (SSSR count). The molecule has 2 heteroatoms. The summed E-state index contributed by atoms with van der Waals surface area (Å²) in [7, 11) is 0. The number of fused-ring (bicyclic) bond motifs is 8. The van der Waals surface area contributed by atoms with Crippen molar-refractivity contribution in [3.63, 3.8) is 0 Å². The zero-order chi connectivity index (χ0) is 49.8. The highest BCUT2D eigenvalue weighted by molar-refractivity contribution is 6.23. The Hall–Kier alpha value is -10.0. The molecule has 2 aliphatic heterocycles. The Bertz CT molecular complexity index is 4290. The van der Waals surface area contributed by atoms with Crippen LogP contribution >= 0.6 is 0 Å². The lowest BCUT2D eigenvalue weighted by Crippen LogP contribution is -2.02. The maximum Gasteiger partial charge on any atom is 0.136 e. The Morgan fingerprint density at radius 1 is 0.171 bits per heavy atom. The van der Waals surface area contributed by atoms with E-state index in [1.54, 1.807) is 0 Å². The van der Waals surface area contributed by atoms with Crippen LogP contribution in [-0.2, 0) is 0 Å². The van der Waals surface area contributed by atoms with Crippen molar-refractivity contribution in [1.82, 2.24) is 0 Å². The molecule has 0 N–H and O–H groups in total. The molecule has 0 bridgehead atoms. The van der Waals surface area contributed by atoms with Gasteiger partial charge in [0.2, 0.25) is 0 Å². The van der Waals surface area contributed by atoms with Gasteiger partial charge in [0, 0.05) is 21.9 Å². The number of rotatable bonds is 6. The third-order valence-corrected chi connectivity index (χ3v) is 16.1. The molecule has 2 nitrogen and oxygen atoms in total. The van der Waals surface area contributed by atoms with Crippen molar-refractivity contribution in [3.05, 3.63) is 267 Å². The number of hydrogen-bond acceptors (Lipinski definition) is 2. The van der Waals surface area contributed by atoms with Gasteiger partial charge in [0.05, 0.1) is 0 Å². The van der Waals surface area contributed by atoms with Crippen molar-refractivity contribution in [3.8, 4) is 112 Å². The first-order valence-electron chi connectivity index (χ1n) is 26.1. The van der Waals surface area contributed by atoms with Crippen molar-refractivity contribution < 1.29 is 9.47 Å². The lowest BCUT2D eigenvalue weighted by Gasteiger charge is -2.27. The highest BCUT2D eigenvalue weighted by Crippen LogP contribution is 2.56. The molecule has 0 saturated carbocycles. The van der Waals surface area contributed by atoms with Crippen molar-refractivity contribution in [2.75, 3.05) is 0 Å². The van der Waals surface area contributed by atoms with E-state index in [9.17, 15) is 0 Å². The van der Waals surface area contributed by atoms with Gasteiger partial charge in [-0.1, -0.05) is 231 Å². The quantitative estimate of drug-likeness (QED) is 0.155. The van der Waals surface area contributed by atoms with Crippen LogP contribution in [0.1, 0.15) is 0 Å². The van der Waals surface area contributed by atoms with Crippen molar-refractivity contribution in [1.29, 1.82) is 0 Å². The van der Waals surface area contributed by atoms with E-state index in [1.165, 1.54) is 87.6 Å². The number of hydrogen-bond donors (Lipinski definition) is 0. The SMILES string of the molecule is c1ccc(-c2c3ccccc3c(-c3ccc(-c4ccc5c(c4)Oc4ccc6c7c(ccc-5c47)-c4ccc(-c5ccc(-c7c8ccccc8c(-c8ccccc8)c8ccccc78)cc5)cc4O6)cc3)c3ccccc23)cc1. The smallest absolute Gasteiger partial charge is 0.136 e. The maximum absolute atomic E-state index is 6.85. The topological polar surface area (TPSA) is 18.5 Å². The van der Waals surface area contributed by atoms with Crippen molar-refractivity contribution >= 4 is 53.9 Å². The van der Waals surface area contributed by atoms with Crippen LogP contribution in [0.5, 0.6) is 23.0 Å². The first-order chi connectivity index (χ1) is 37.7. The number of benzene rings is 14. The van der Waals surface area contributed by atoms with E-state index in [1.807, 2.05) is 0 Å². The fourth-order valence-electron chi connectivity index (χ4n) is 12.7. The van der Waals surface area contributed by atoms with Crippen LogP contribution in [0.3, 0.4) is 0 Å². The fourth-order valence-corrected chi connectivity index (χ4v) is 12.7. The van der Waals surface area contributed by atoms with Gasteiger partial charge in [0.1, 0.15) is 23.0 Å². The first-order valence-corrected chi connectivity index (χ1v) is 26.1. The van der Waals surface area contributed by atoms with Gasteiger partial charge in [0.25, 0.3) is 0 Å². The van der Waals surface area contributed by atoms with E-state index in [0.717, 1.165) is 78.3 Å². The summed E-state index contributed by atoms with van der Waals surface area (Å²) in [6.07, 6.45) is 0. The van der Waals surface area contributed by atoms with E-state index in [4.69, 9.17) is 9.47 Å². The Morgan fingerprint density at radius 2 is 0.421 bits per heavy atom. The molecule has 0 atom stereocenters. The molecular formula is C74H44O2. The molecule has 14 aromatic carbocycles. The lowest BCUT2D eigenvalue weighted by atomic mass is 9.85. The zero-order valence-electron chi connectivity index (χ0n) is 41.2. The van der Waals surface area contributed by atoms with Crippen LogP contribution in [0.2, 0.25) is 0 Å². The minimum atomic E-state index is 0.840. The Labute approximate surface area is 440 Å². The summed E-state index contributed by atoms with van der Waals surface area (Å²) in [6, 6.07) is 96.9. The normalized spacial score (nSPS) is 12.2. The molecule has 352 valence electrons. The molecule has 14 aromatic rings. The number of ether oxygens (including phenoxy) is 2. The molecule has 0 saturated heterocycles. The van der Waals surface area contributed by atoms with Crippen LogP contribution < -0.4 is 9.47 Å².